The minimum absolute atomic E-state index is 0.741. The van der Waals surface area contributed by atoms with Crippen molar-refractivity contribution in [1.82, 2.24) is 19.9 Å². The number of hydrogen-bond acceptors (Lipinski definition) is 4. The zero-order valence-electron chi connectivity index (χ0n) is 14.1. The molecule has 5 heteroatoms. The summed E-state index contributed by atoms with van der Waals surface area (Å²) in [5.41, 5.74) is 5.69. The lowest BCUT2D eigenvalue weighted by atomic mass is 10.1. The van der Waals surface area contributed by atoms with Crippen LogP contribution in [0.15, 0.2) is 48.8 Å². The Morgan fingerprint density at radius 1 is 1.04 bits per heavy atom. The van der Waals surface area contributed by atoms with Crippen molar-refractivity contribution < 1.29 is 0 Å². The van der Waals surface area contributed by atoms with Crippen LogP contribution in [0.4, 0.5) is 0 Å². The van der Waals surface area contributed by atoms with Gasteiger partial charge in [-0.3, -0.25) is 9.88 Å². The molecule has 4 rings (SSSR count). The summed E-state index contributed by atoms with van der Waals surface area (Å²) in [5, 5.41) is 0.741. The topological polar surface area (TPSA) is 41.9 Å². The standard InChI is InChI=1S/C20H19ClN4/c1-14-22-11-17-13-25(9-8-20(17)24-14)12-15-2-7-19(23-10-15)16-3-5-18(21)6-4-16/h2-7,10-11H,8-9,12-13H2,1H3. The molecule has 0 bridgehead atoms. The number of benzene rings is 1. The molecule has 2 aromatic heterocycles. The molecule has 3 aromatic rings. The summed E-state index contributed by atoms with van der Waals surface area (Å²) in [5.74, 6) is 0.856. The average molecular weight is 351 g/mol. The highest BCUT2D eigenvalue weighted by Crippen LogP contribution is 2.21. The Morgan fingerprint density at radius 2 is 1.88 bits per heavy atom. The lowest BCUT2D eigenvalue weighted by Gasteiger charge is -2.27. The summed E-state index contributed by atoms with van der Waals surface area (Å²) >= 11 is 5.94. The van der Waals surface area contributed by atoms with Crippen LogP contribution in [0.5, 0.6) is 0 Å². The van der Waals surface area contributed by atoms with Gasteiger partial charge in [0.2, 0.25) is 0 Å². The van der Waals surface area contributed by atoms with Gasteiger partial charge in [0.15, 0.2) is 0 Å². The molecule has 0 radical (unpaired) electrons. The lowest BCUT2D eigenvalue weighted by molar-refractivity contribution is 0.242. The predicted octanol–water partition coefficient (Wildman–Crippen LogP) is 4.06. The molecule has 0 amide bonds. The number of pyridine rings is 1. The fraction of sp³-hybridized carbons (Fsp3) is 0.250. The molecule has 0 atom stereocenters. The Labute approximate surface area is 152 Å². The number of hydrogen-bond donors (Lipinski definition) is 0. The van der Waals surface area contributed by atoms with E-state index in [-0.39, 0.29) is 0 Å². The summed E-state index contributed by atoms with van der Waals surface area (Å²) in [6.45, 7) is 4.75. The molecule has 0 aliphatic carbocycles. The summed E-state index contributed by atoms with van der Waals surface area (Å²) in [7, 11) is 0. The third kappa shape index (κ3) is 3.70. The van der Waals surface area contributed by atoms with Gasteiger partial charge in [0.05, 0.1) is 5.69 Å². The zero-order valence-corrected chi connectivity index (χ0v) is 14.9. The van der Waals surface area contributed by atoms with E-state index in [0.717, 1.165) is 48.2 Å². The van der Waals surface area contributed by atoms with E-state index in [0.29, 0.717) is 0 Å². The van der Waals surface area contributed by atoms with E-state index in [4.69, 9.17) is 11.6 Å². The molecule has 4 nitrogen and oxygen atoms in total. The molecule has 126 valence electrons. The van der Waals surface area contributed by atoms with Gasteiger partial charge in [-0.1, -0.05) is 29.8 Å². The van der Waals surface area contributed by atoms with Crippen molar-refractivity contribution in [3.63, 3.8) is 0 Å². The maximum atomic E-state index is 5.94. The van der Waals surface area contributed by atoms with Crippen LogP contribution in [0.25, 0.3) is 11.3 Å². The fourth-order valence-corrected chi connectivity index (χ4v) is 3.30. The van der Waals surface area contributed by atoms with Crippen LogP contribution in [0, 0.1) is 6.92 Å². The second-order valence-corrected chi connectivity index (χ2v) is 6.84. The second kappa shape index (κ2) is 6.90. The first-order valence-electron chi connectivity index (χ1n) is 8.42. The third-order valence-corrected chi connectivity index (χ3v) is 4.76. The van der Waals surface area contributed by atoms with Gasteiger partial charge in [0.1, 0.15) is 5.82 Å². The Balaban J connectivity index is 1.45. The normalized spacial score (nSPS) is 14.3. The van der Waals surface area contributed by atoms with Crippen LogP contribution in [-0.4, -0.2) is 26.4 Å². The SMILES string of the molecule is Cc1ncc2c(n1)CCN(Cc1ccc(-c3ccc(Cl)cc3)nc1)C2. The average Bonchev–Trinajstić information content (AvgIpc) is 2.63. The van der Waals surface area contributed by atoms with Crippen molar-refractivity contribution >= 4 is 11.6 Å². The van der Waals surface area contributed by atoms with Gasteiger partial charge in [-0.15, -0.1) is 0 Å². The van der Waals surface area contributed by atoms with Gasteiger partial charge in [-0.25, -0.2) is 9.97 Å². The number of fused-ring (bicyclic) bond motifs is 1. The fourth-order valence-electron chi connectivity index (χ4n) is 3.18. The van der Waals surface area contributed by atoms with Crippen LogP contribution < -0.4 is 0 Å². The first-order chi connectivity index (χ1) is 12.2. The maximum absolute atomic E-state index is 5.94. The minimum Gasteiger partial charge on any atom is -0.294 e. The summed E-state index contributed by atoms with van der Waals surface area (Å²) in [6, 6.07) is 12.0. The monoisotopic (exact) mass is 350 g/mol. The van der Waals surface area contributed by atoms with Gasteiger partial charge in [0, 0.05) is 60.3 Å². The smallest absolute Gasteiger partial charge is 0.125 e. The Bertz CT molecular complexity index is 875. The van der Waals surface area contributed by atoms with E-state index in [2.05, 4.69) is 32.0 Å². The highest BCUT2D eigenvalue weighted by Gasteiger charge is 2.18. The number of aryl methyl sites for hydroxylation is 1. The quantitative estimate of drug-likeness (QED) is 0.714. The number of halogens is 1. The van der Waals surface area contributed by atoms with Gasteiger partial charge >= 0.3 is 0 Å². The number of aromatic nitrogens is 3. The van der Waals surface area contributed by atoms with Crippen LogP contribution in [-0.2, 0) is 19.5 Å². The van der Waals surface area contributed by atoms with Gasteiger partial charge in [-0.05, 0) is 30.7 Å². The van der Waals surface area contributed by atoms with Gasteiger partial charge in [0.25, 0.3) is 0 Å². The Kier molecular flexibility index (Phi) is 4.47. The molecule has 1 aliphatic heterocycles. The molecule has 0 unspecified atom stereocenters. The Hall–Kier alpha value is -2.30. The van der Waals surface area contributed by atoms with Crippen LogP contribution in [0.2, 0.25) is 5.02 Å². The Morgan fingerprint density at radius 3 is 2.64 bits per heavy atom. The predicted molar refractivity (Wildman–Crippen MR) is 99.3 cm³/mol. The van der Waals surface area contributed by atoms with Crippen molar-refractivity contribution in [2.24, 2.45) is 0 Å². The van der Waals surface area contributed by atoms with Crippen LogP contribution >= 0.6 is 11.6 Å². The molecule has 0 saturated carbocycles. The molecule has 0 spiro atoms. The highest BCUT2D eigenvalue weighted by molar-refractivity contribution is 6.30. The molecule has 0 fully saturated rings. The highest BCUT2D eigenvalue weighted by atomic mass is 35.5. The van der Waals surface area contributed by atoms with E-state index in [1.165, 1.54) is 16.8 Å². The largest absolute Gasteiger partial charge is 0.294 e. The number of nitrogens with zero attached hydrogens (tertiary/aromatic N) is 4. The zero-order chi connectivity index (χ0) is 17.2. The van der Waals surface area contributed by atoms with Gasteiger partial charge < -0.3 is 0 Å². The molecule has 0 saturated heterocycles. The van der Waals surface area contributed by atoms with Crippen LogP contribution in [0.1, 0.15) is 22.6 Å². The van der Waals surface area contributed by atoms with Crippen molar-refractivity contribution in [2.75, 3.05) is 6.54 Å². The minimum atomic E-state index is 0.741. The number of rotatable bonds is 3. The summed E-state index contributed by atoms with van der Waals surface area (Å²) in [4.78, 5) is 15.9. The second-order valence-electron chi connectivity index (χ2n) is 6.41. The van der Waals surface area contributed by atoms with E-state index >= 15 is 0 Å². The molecule has 0 N–H and O–H groups in total. The van der Waals surface area contributed by atoms with Crippen molar-refractivity contribution in [1.29, 1.82) is 0 Å². The van der Waals surface area contributed by atoms with Crippen molar-refractivity contribution in [2.45, 2.75) is 26.4 Å². The summed E-state index contributed by atoms with van der Waals surface area (Å²) in [6.07, 6.45) is 4.91. The van der Waals surface area contributed by atoms with E-state index in [9.17, 15) is 0 Å². The molecular formula is C20H19ClN4. The van der Waals surface area contributed by atoms with E-state index < -0.39 is 0 Å². The summed E-state index contributed by atoms with van der Waals surface area (Å²) < 4.78 is 0. The van der Waals surface area contributed by atoms with Crippen LogP contribution in [0.3, 0.4) is 0 Å². The molecule has 1 aromatic carbocycles. The molecule has 3 heterocycles. The molecule has 25 heavy (non-hydrogen) atoms. The molecular weight excluding hydrogens is 332 g/mol. The van der Waals surface area contributed by atoms with Crippen molar-refractivity contribution in [3.05, 3.63) is 76.5 Å². The van der Waals surface area contributed by atoms with Crippen molar-refractivity contribution in [3.8, 4) is 11.3 Å². The maximum Gasteiger partial charge on any atom is 0.125 e. The van der Waals surface area contributed by atoms with E-state index in [1.807, 2.05) is 43.6 Å². The first kappa shape index (κ1) is 16.2. The van der Waals surface area contributed by atoms with Gasteiger partial charge in [-0.2, -0.15) is 0 Å². The first-order valence-corrected chi connectivity index (χ1v) is 8.80. The molecule has 1 aliphatic rings. The third-order valence-electron chi connectivity index (χ3n) is 4.50. The lowest BCUT2D eigenvalue weighted by Crippen LogP contribution is -2.31. The van der Waals surface area contributed by atoms with E-state index in [1.54, 1.807) is 0 Å².